The van der Waals surface area contributed by atoms with Crippen LogP contribution >= 0.6 is 0 Å². The molecular formula is C31H30N2O5. The number of para-hydroxylation sites is 1. The predicted molar refractivity (Wildman–Crippen MR) is 145 cm³/mol. The summed E-state index contributed by atoms with van der Waals surface area (Å²) in [5, 5.41) is 2.76. The number of carbonyl (C=O) groups excluding carboxylic acids is 3. The molecule has 0 aromatic heterocycles. The lowest BCUT2D eigenvalue weighted by Crippen LogP contribution is -2.70. The van der Waals surface area contributed by atoms with E-state index in [0.717, 1.165) is 11.1 Å². The maximum atomic E-state index is 13.3. The second kappa shape index (κ2) is 12.5. The summed E-state index contributed by atoms with van der Waals surface area (Å²) in [6.45, 7) is 3.35. The van der Waals surface area contributed by atoms with E-state index >= 15 is 0 Å². The van der Waals surface area contributed by atoms with Crippen LogP contribution in [0.3, 0.4) is 0 Å². The van der Waals surface area contributed by atoms with Crippen molar-refractivity contribution >= 4 is 23.9 Å². The van der Waals surface area contributed by atoms with Gasteiger partial charge < -0.3 is 14.8 Å². The van der Waals surface area contributed by atoms with Gasteiger partial charge >= 0.3 is 5.97 Å². The molecule has 2 atom stereocenters. The van der Waals surface area contributed by atoms with Crippen LogP contribution in [0.5, 0.6) is 5.75 Å². The highest BCUT2D eigenvalue weighted by Gasteiger charge is 2.50. The summed E-state index contributed by atoms with van der Waals surface area (Å²) in [6, 6.07) is 26.4. The molecule has 0 radical (unpaired) electrons. The van der Waals surface area contributed by atoms with Gasteiger partial charge in [0.1, 0.15) is 24.1 Å². The molecular weight excluding hydrogens is 480 g/mol. The van der Waals surface area contributed by atoms with E-state index in [-0.39, 0.29) is 18.9 Å². The van der Waals surface area contributed by atoms with E-state index in [1.807, 2.05) is 91.0 Å². The first kappa shape index (κ1) is 26.4. The number of ether oxygens (including phenoxy) is 2. The molecule has 1 saturated heterocycles. The van der Waals surface area contributed by atoms with Crippen LogP contribution in [-0.2, 0) is 25.7 Å². The second-order valence-electron chi connectivity index (χ2n) is 9.03. The van der Waals surface area contributed by atoms with Crippen molar-refractivity contribution in [3.05, 3.63) is 119 Å². The normalized spacial score (nSPS) is 16.5. The van der Waals surface area contributed by atoms with Gasteiger partial charge in [-0.25, -0.2) is 4.79 Å². The third-order valence-corrected chi connectivity index (χ3v) is 5.98. The van der Waals surface area contributed by atoms with Crippen LogP contribution < -0.4 is 10.1 Å². The van der Waals surface area contributed by atoms with Crippen LogP contribution in [0, 0.1) is 0 Å². The van der Waals surface area contributed by atoms with Gasteiger partial charge in [0.25, 0.3) is 11.8 Å². The van der Waals surface area contributed by atoms with E-state index < -0.39 is 29.9 Å². The number of rotatable bonds is 10. The van der Waals surface area contributed by atoms with Crippen molar-refractivity contribution in [3.8, 4) is 5.75 Å². The Morgan fingerprint density at radius 1 is 0.895 bits per heavy atom. The van der Waals surface area contributed by atoms with Crippen molar-refractivity contribution in [1.29, 1.82) is 0 Å². The highest BCUT2D eigenvalue weighted by atomic mass is 16.5. The van der Waals surface area contributed by atoms with Crippen molar-refractivity contribution in [3.63, 3.8) is 0 Å². The molecule has 3 aromatic carbocycles. The van der Waals surface area contributed by atoms with Gasteiger partial charge in [-0.15, -0.1) is 0 Å². The van der Waals surface area contributed by atoms with Gasteiger partial charge in [0, 0.05) is 0 Å². The molecule has 1 N–H and O–H groups in total. The van der Waals surface area contributed by atoms with Gasteiger partial charge in [0.2, 0.25) is 0 Å². The Labute approximate surface area is 222 Å². The largest absolute Gasteiger partial charge is 0.484 e. The first-order valence-corrected chi connectivity index (χ1v) is 12.4. The van der Waals surface area contributed by atoms with Gasteiger partial charge in [-0.1, -0.05) is 91.0 Å². The number of allylic oxidation sites excluding steroid dienone is 1. The number of nitrogens with one attached hydrogen (secondary N) is 1. The number of amides is 2. The zero-order valence-electron chi connectivity index (χ0n) is 21.4. The lowest BCUT2D eigenvalue weighted by atomic mass is 9.91. The fourth-order valence-corrected chi connectivity index (χ4v) is 4.10. The van der Waals surface area contributed by atoms with E-state index in [0.29, 0.717) is 11.3 Å². The third kappa shape index (κ3) is 6.56. The highest BCUT2D eigenvalue weighted by Crippen LogP contribution is 2.30. The predicted octanol–water partition coefficient (Wildman–Crippen LogP) is 4.51. The van der Waals surface area contributed by atoms with E-state index in [2.05, 4.69) is 5.32 Å². The van der Waals surface area contributed by atoms with Crippen LogP contribution in [-0.4, -0.2) is 41.4 Å². The standard InChI is InChI=1S/C31H30N2O5/c1-22(2)29(31(36)38-20-24-14-8-4-9-15-24)33-26(19-18-23-12-6-3-7-13-23)28(30(33)35)32-27(34)21-37-25-16-10-5-11-17-25/h3-19,26,28H,20-21H2,1-2H3,(H,32,34)/b19-18+. The molecule has 7 heteroatoms. The molecule has 0 saturated carbocycles. The Bertz CT molecular complexity index is 1320. The number of hydrogen-bond donors (Lipinski definition) is 1. The first-order valence-electron chi connectivity index (χ1n) is 12.4. The highest BCUT2D eigenvalue weighted by molar-refractivity contribution is 6.02. The number of carbonyl (C=O) groups is 3. The fourth-order valence-electron chi connectivity index (χ4n) is 4.10. The number of esters is 1. The summed E-state index contributed by atoms with van der Waals surface area (Å²) in [4.78, 5) is 40.5. The number of hydrogen-bond acceptors (Lipinski definition) is 5. The summed E-state index contributed by atoms with van der Waals surface area (Å²) in [5.41, 5.74) is 2.56. The van der Waals surface area contributed by atoms with Crippen LogP contribution in [0.2, 0.25) is 0 Å². The van der Waals surface area contributed by atoms with Gasteiger partial charge in [-0.05, 0) is 42.7 Å². The minimum atomic E-state index is -0.849. The van der Waals surface area contributed by atoms with Crippen molar-refractivity contribution in [2.75, 3.05) is 6.61 Å². The van der Waals surface area contributed by atoms with Crippen molar-refractivity contribution in [2.45, 2.75) is 32.5 Å². The molecule has 1 heterocycles. The Hall–Kier alpha value is -4.65. The van der Waals surface area contributed by atoms with Crippen LogP contribution in [0.4, 0.5) is 0 Å². The molecule has 1 aliphatic rings. The lowest BCUT2D eigenvalue weighted by molar-refractivity contribution is -0.155. The molecule has 2 amide bonds. The Kier molecular flexibility index (Phi) is 8.72. The summed E-state index contributed by atoms with van der Waals surface area (Å²) < 4.78 is 11.1. The minimum absolute atomic E-state index is 0.0833. The smallest absolute Gasteiger partial charge is 0.355 e. The number of benzene rings is 3. The van der Waals surface area contributed by atoms with E-state index in [4.69, 9.17) is 9.47 Å². The second-order valence-corrected chi connectivity index (χ2v) is 9.03. The molecule has 0 aliphatic carbocycles. The quantitative estimate of drug-likeness (QED) is 0.246. The SMILES string of the molecule is CC(C)=C(C(=O)OCc1ccccc1)N1C(=O)C(NC(=O)COc2ccccc2)C1/C=C/c1ccccc1. The molecule has 4 rings (SSSR count). The lowest BCUT2D eigenvalue weighted by Gasteiger charge is -2.46. The molecule has 2 unspecified atom stereocenters. The van der Waals surface area contributed by atoms with Crippen LogP contribution in [0.25, 0.3) is 6.08 Å². The minimum Gasteiger partial charge on any atom is -0.484 e. The Morgan fingerprint density at radius 2 is 1.50 bits per heavy atom. The maximum absolute atomic E-state index is 13.3. The Balaban J connectivity index is 1.51. The fraction of sp³-hybridized carbons (Fsp3) is 0.194. The maximum Gasteiger partial charge on any atom is 0.355 e. The van der Waals surface area contributed by atoms with Crippen LogP contribution in [0.1, 0.15) is 25.0 Å². The molecule has 0 spiro atoms. The third-order valence-electron chi connectivity index (χ3n) is 5.98. The van der Waals surface area contributed by atoms with Gasteiger partial charge in [0.05, 0.1) is 6.04 Å². The molecule has 1 aliphatic heterocycles. The molecule has 7 nitrogen and oxygen atoms in total. The number of likely N-dealkylation sites (tertiary alicyclic amines) is 1. The van der Waals surface area contributed by atoms with Crippen molar-refractivity contribution in [1.82, 2.24) is 10.2 Å². The van der Waals surface area contributed by atoms with E-state index in [1.165, 1.54) is 4.90 Å². The first-order chi connectivity index (χ1) is 18.4. The molecule has 194 valence electrons. The molecule has 3 aromatic rings. The number of β-lactam (4-membered cyclic amide) rings is 1. The zero-order valence-corrected chi connectivity index (χ0v) is 21.4. The topological polar surface area (TPSA) is 84.9 Å². The monoisotopic (exact) mass is 510 g/mol. The average Bonchev–Trinajstić information content (AvgIpc) is 2.95. The zero-order chi connectivity index (χ0) is 26.9. The average molecular weight is 511 g/mol. The van der Waals surface area contributed by atoms with Gasteiger partial charge in [-0.3, -0.25) is 14.5 Å². The Morgan fingerprint density at radius 3 is 2.13 bits per heavy atom. The van der Waals surface area contributed by atoms with Gasteiger partial charge in [-0.2, -0.15) is 0 Å². The van der Waals surface area contributed by atoms with Gasteiger partial charge in [0.15, 0.2) is 6.61 Å². The number of nitrogens with zero attached hydrogens (tertiary/aromatic N) is 1. The van der Waals surface area contributed by atoms with E-state index in [1.54, 1.807) is 26.0 Å². The molecule has 0 bridgehead atoms. The molecule has 38 heavy (non-hydrogen) atoms. The van der Waals surface area contributed by atoms with Crippen molar-refractivity contribution < 1.29 is 23.9 Å². The van der Waals surface area contributed by atoms with E-state index in [9.17, 15) is 14.4 Å². The van der Waals surface area contributed by atoms with Crippen molar-refractivity contribution in [2.24, 2.45) is 0 Å². The van der Waals surface area contributed by atoms with Crippen LogP contribution in [0.15, 0.2) is 108 Å². The summed E-state index contributed by atoms with van der Waals surface area (Å²) >= 11 is 0. The summed E-state index contributed by atoms with van der Waals surface area (Å²) in [5.74, 6) is -0.876. The molecule has 1 fully saturated rings. The summed E-state index contributed by atoms with van der Waals surface area (Å²) in [7, 11) is 0. The summed E-state index contributed by atoms with van der Waals surface area (Å²) in [6.07, 6.45) is 3.68.